The molecule has 1 fully saturated rings. The molecule has 31 heavy (non-hydrogen) atoms. The standard InChI is InChI=1S/C26H25N5/c1-2-4-17(5-3-1)10-18-11-20(15-28-14-18)19-6-7-24-22(12-19)26(31-30-24)25-13-21-16-27-9-8-23(21)29-25/h6-9,11-17,29H,1-5,10H2,(H,30,31). The highest BCUT2D eigenvalue weighted by Crippen LogP contribution is 2.32. The Morgan fingerprint density at radius 1 is 0.839 bits per heavy atom. The van der Waals surface area contributed by atoms with Crippen LogP contribution in [0.4, 0.5) is 0 Å². The second-order valence-electron chi connectivity index (χ2n) is 8.77. The second kappa shape index (κ2) is 7.65. The Kier molecular flexibility index (Phi) is 4.52. The summed E-state index contributed by atoms with van der Waals surface area (Å²) in [6.07, 6.45) is 15.7. The first-order valence-corrected chi connectivity index (χ1v) is 11.2. The molecule has 5 heteroatoms. The quantitative estimate of drug-likeness (QED) is 0.368. The number of aromatic amines is 2. The first kappa shape index (κ1) is 18.3. The van der Waals surface area contributed by atoms with Gasteiger partial charge >= 0.3 is 0 Å². The Balaban J connectivity index is 1.36. The molecule has 2 N–H and O–H groups in total. The van der Waals surface area contributed by atoms with Crippen molar-refractivity contribution in [1.82, 2.24) is 25.1 Å². The largest absolute Gasteiger partial charge is 0.353 e. The van der Waals surface area contributed by atoms with Crippen LogP contribution in [0.2, 0.25) is 0 Å². The van der Waals surface area contributed by atoms with E-state index in [1.165, 1.54) is 48.8 Å². The van der Waals surface area contributed by atoms with Crippen LogP contribution in [0.5, 0.6) is 0 Å². The van der Waals surface area contributed by atoms with Gasteiger partial charge in [-0.25, -0.2) is 0 Å². The molecule has 1 aliphatic carbocycles. The predicted octanol–water partition coefficient (Wildman–Crippen LogP) is 6.29. The Labute approximate surface area is 181 Å². The van der Waals surface area contributed by atoms with E-state index in [0.29, 0.717) is 0 Å². The number of hydrogen-bond donors (Lipinski definition) is 2. The van der Waals surface area contributed by atoms with Crippen LogP contribution in [-0.4, -0.2) is 25.1 Å². The minimum atomic E-state index is 0.810. The Hall–Kier alpha value is -3.47. The van der Waals surface area contributed by atoms with Crippen molar-refractivity contribution in [1.29, 1.82) is 0 Å². The lowest BCUT2D eigenvalue weighted by atomic mass is 9.85. The van der Waals surface area contributed by atoms with E-state index in [9.17, 15) is 0 Å². The molecule has 0 radical (unpaired) electrons. The summed E-state index contributed by atoms with van der Waals surface area (Å²) in [6, 6.07) is 12.9. The summed E-state index contributed by atoms with van der Waals surface area (Å²) < 4.78 is 0. The van der Waals surface area contributed by atoms with Crippen molar-refractivity contribution in [3.8, 4) is 22.5 Å². The highest BCUT2D eigenvalue weighted by molar-refractivity contribution is 5.97. The molecule has 154 valence electrons. The number of fused-ring (bicyclic) bond motifs is 2. The summed E-state index contributed by atoms with van der Waals surface area (Å²) >= 11 is 0. The molecule has 1 saturated carbocycles. The van der Waals surface area contributed by atoms with Crippen LogP contribution < -0.4 is 0 Å². The fraction of sp³-hybridized carbons (Fsp3) is 0.269. The number of aromatic nitrogens is 5. The van der Waals surface area contributed by atoms with Gasteiger partial charge in [-0.15, -0.1) is 0 Å². The average molecular weight is 408 g/mol. The van der Waals surface area contributed by atoms with E-state index in [0.717, 1.165) is 45.5 Å². The highest BCUT2D eigenvalue weighted by atomic mass is 15.1. The second-order valence-corrected chi connectivity index (χ2v) is 8.77. The van der Waals surface area contributed by atoms with Crippen molar-refractivity contribution >= 4 is 21.8 Å². The molecule has 4 heterocycles. The molecule has 5 aromatic rings. The third kappa shape index (κ3) is 3.50. The van der Waals surface area contributed by atoms with Gasteiger partial charge in [-0.2, -0.15) is 5.10 Å². The third-order valence-corrected chi connectivity index (χ3v) is 6.62. The van der Waals surface area contributed by atoms with Crippen LogP contribution in [-0.2, 0) is 6.42 Å². The molecule has 0 aliphatic heterocycles. The van der Waals surface area contributed by atoms with E-state index in [-0.39, 0.29) is 0 Å². The number of pyridine rings is 2. The van der Waals surface area contributed by atoms with Crippen molar-refractivity contribution in [3.63, 3.8) is 0 Å². The molecule has 4 aromatic heterocycles. The van der Waals surface area contributed by atoms with Crippen molar-refractivity contribution in [2.24, 2.45) is 5.92 Å². The first-order valence-electron chi connectivity index (χ1n) is 11.2. The minimum absolute atomic E-state index is 0.810. The van der Waals surface area contributed by atoms with Gasteiger partial charge < -0.3 is 4.98 Å². The van der Waals surface area contributed by atoms with Gasteiger partial charge in [-0.3, -0.25) is 15.1 Å². The lowest BCUT2D eigenvalue weighted by molar-refractivity contribution is 0.356. The van der Waals surface area contributed by atoms with Crippen molar-refractivity contribution in [2.45, 2.75) is 38.5 Å². The molecule has 1 aromatic carbocycles. The minimum Gasteiger partial charge on any atom is -0.353 e. The van der Waals surface area contributed by atoms with Crippen LogP contribution in [0.25, 0.3) is 44.3 Å². The van der Waals surface area contributed by atoms with E-state index in [1.54, 1.807) is 6.20 Å². The Bertz CT molecular complexity index is 1320. The average Bonchev–Trinajstić information content (AvgIpc) is 3.43. The van der Waals surface area contributed by atoms with Gasteiger partial charge in [0.2, 0.25) is 0 Å². The molecule has 0 saturated heterocycles. The van der Waals surface area contributed by atoms with Gasteiger partial charge in [0, 0.05) is 46.6 Å². The summed E-state index contributed by atoms with van der Waals surface area (Å²) in [4.78, 5) is 12.3. The topological polar surface area (TPSA) is 70.2 Å². The number of H-pyrrole nitrogens is 2. The molecule has 0 spiro atoms. The Morgan fingerprint density at radius 2 is 1.77 bits per heavy atom. The number of nitrogens with zero attached hydrogens (tertiary/aromatic N) is 3. The van der Waals surface area contributed by atoms with E-state index in [1.807, 2.05) is 24.7 Å². The first-order chi connectivity index (χ1) is 15.3. The van der Waals surface area contributed by atoms with Gasteiger partial charge in [0.15, 0.2) is 0 Å². The normalized spacial score (nSPS) is 15.1. The molecule has 1 aliphatic rings. The van der Waals surface area contributed by atoms with E-state index >= 15 is 0 Å². The summed E-state index contributed by atoms with van der Waals surface area (Å²) in [5.74, 6) is 0.810. The maximum absolute atomic E-state index is 4.60. The molecule has 0 amide bonds. The van der Waals surface area contributed by atoms with Gasteiger partial charge in [0.05, 0.1) is 11.2 Å². The van der Waals surface area contributed by atoms with Crippen LogP contribution >= 0.6 is 0 Å². The van der Waals surface area contributed by atoms with Crippen molar-refractivity contribution in [2.75, 3.05) is 0 Å². The number of hydrogen-bond acceptors (Lipinski definition) is 3. The summed E-state index contributed by atoms with van der Waals surface area (Å²) in [5.41, 5.74) is 7.71. The van der Waals surface area contributed by atoms with Crippen LogP contribution in [0.15, 0.2) is 61.2 Å². The van der Waals surface area contributed by atoms with Crippen molar-refractivity contribution < 1.29 is 0 Å². The number of nitrogens with one attached hydrogen (secondary N) is 2. The zero-order valence-electron chi connectivity index (χ0n) is 17.4. The zero-order chi connectivity index (χ0) is 20.6. The SMILES string of the molecule is c1cc2[nH]c(-c3n[nH]c4ccc(-c5cncc(CC6CCCCC6)c5)cc34)cc2cn1. The third-order valence-electron chi connectivity index (χ3n) is 6.62. The number of benzene rings is 1. The fourth-order valence-electron chi connectivity index (χ4n) is 4.98. The summed E-state index contributed by atoms with van der Waals surface area (Å²) in [5, 5.41) is 9.97. The molecule has 6 rings (SSSR count). The van der Waals surface area contributed by atoms with Gasteiger partial charge in [0.25, 0.3) is 0 Å². The summed E-state index contributed by atoms with van der Waals surface area (Å²) in [7, 11) is 0. The van der Waals surface area contributed by atoms with Crippen molar-refractivity contribution in [3.05, 3.63) is 66.7 Å². The van der Waals surface area contributed by atoms with E-state index in [4.69, 9.17) is 0 Å². The lowest BCUT2D eigenvalue weighted by Gasteiger charge is -2.21. The highest BCUT2D eigenvalue weighted by Gasteiger charge is 2.15. The molecule has 5 nitrogen and oxygen atoms in total. The molecule has 0 unspecified atom stereocenters. The van der Waals surface area contributed by atoms with Crippen LogP contribution in [0, 0.1) is 5.92 Å². The maximum Gasteiger partial charge on any atom is 0.116 e. The summed E-state index contributed by atoms with van der Waals surface area (Å²) in [6.45, 7) is 0. The lowest BCUT2D eigenvalue weighted by Crippen LogP contribution is -2.09. The van der Waals surface area contributed by atoms with Crippen LogP contribution in [0.1, 0.15) is 37.7 Å². The van der Waals surface area contributed by atoms with Gasteiger partial charge in [0.1, 0.15) is 5.69 Å². The predicted molar refractivity (Wildman–Crippen MR) is 125 cm³/mol. The monoisotopic (exact) mass is 407 g/mol. The Morgan fingerprint density at radius 3 is 2.68 bits per heavy atom. The van der Waals surface area contributed by atoms with E-state index in [2.05, 4.69) is 55.5 Å². The number of rotatable bonds is 4. The van der Waals surface area contributed by atoms with Crippen LogP contribution in [0.3, 0.4) is 0 Å². The van der Waals surface area contributed by atoms with Gasteiger partial charge in [-0.1, -0.05) is 38.2 Å². The molecular weight excluding hydrogens is 382 g/mol. The fourth-order valence-corrected chi connectivity index (χ4v) is 4.98. The molecule has 0 bridgehead atoms. The van der Waals surface area contributed by atoms with E-state index < -0.39 is 0 Å². The van der Waals surface area contributed by atoms with Gasteiger partial charge in [-0.05, 0) is 53.8 Å². The molecular formula is C26H25N5. The zero-order valence-corrected chi connectivity index (χ0v) is 17.4. The smallest absolute Gasteiger partial charge is 0.116 e. The maximum atomic E-state index is 4.60. The molecule has 0 atom stereocenters.